The molecule has 4 nitrogen and oxygen atoms in total. The first-order chi connectivity index (χ1) is 6.02. The highest BCUT2D eigenvalue weighted by Gasteiger charge is 2.15. The van der Waals surface area contributed by atoms with Crippen molar-refractivity contribution in [2.75, 3.05) is 0 Å². The normalized spacial score (nSPS) is 12.8. The molecule has 0 aliphatic heterocycles. The first-order valence-electron chi connectivity index (χ1n) is 3.91. The predicted octanol–water partition coefficient (Wildman–Crippen LogP) is 1.45. The van der Waals surface area contributed by atoms with Gasteiger partial charge in [0.25, 0.3) is 0 Å². The van der Waals surface area contributed by atoms with Gasteiger partial charge in [0, 0.05) is 12.6 Å². The summed E-state index contributed by atoms with van der Waals surface area (Å²) < 4.78 is 2.52. The molecular formula is C8H11BrN2O2. The molecule has 1 atom stereocenters. The van der Waals surface area contributed by atoms with Crippen LogP contribution in [0, 0.1) is 5.92 Å². The zero-order chi connectivity index (χ0) is 10.0. The molecule has 1 heterocycles. The zero-order valence-electron chi connectivity index (χ0n) is 7.49. The first-order valence-corrected chi connectivity index (χ1v) is 4.71. The summed E-state index contributed by atoms with van der Waals surface area (Å²) in [6.45, 7) is 1.68. The summed E-state index contributed by atoms with van der Waals surface area (Å²) in [6.07, 6.45) is 2.19. The lowest BCUT2D eigenvalue weighted by Gasteiger charge is -2.03. The molecule has 0 radical (unpaired) electrons. The van der Waals surface area contributed by atoms with Crippen LogP contribution in [0.1, 0.15) is 12.5 Å². The zero-order valence-corrected chi connectivity index (χ0v) is 9.08. The monoisotopic (exact) mass is 246 g/mol. The van der Waals surface area contributed by atoms with Crippen molar-refractivity contribution in [3.05, 3.63) is 16.4 Å². The Hall–Kier alpha value is -0.840. The maximum Gasteiger partial charge on any atom is 0.306 e. The number of aliphatic carboxylic acids is 1. The molecule has 0 saturated carbocycles. The Bertz CT molecular complexity index is 322. The average molecular weight is 247 g/mol. The van der Waals surface area contributed by atoms with Crippen LogP contribution in [0.5, 0.6) is 0 Å². The number of carboxylic acids is 1. The predicted molar refractivity (Wildman–Crippen MR) is 51.4 cm³/mol. The quantitative estimate of drug-likeness (QED) is 0.879. The van der Waals surface area contributed by atoms with Crippen molar-refractivity contribution in [2.45, 2.75) is 13.3 Å². The molecule has 0 bridgehead atoms. The Labute approximate surface area is 84.7 Å². The molecule has 0 saturated heterocycles. The highest BCUT2D eigenvalue weighted by molar-refractivity contribution is 9.10. The van der Waals surface area contributed by atoms with E-state index in [1.165, 1.54) is 0 Å². The van der Waals surface area contributed by atoms with Gasteiger partial charge in [0.15, 0.2) is 0 Å². The number of hydrogen-bond donors (Lipinski definition) is 1. The minimum absolute atomic E-state index is 0.375. The lowest BCUT2D eigenvalue weighted by molar-refractivity contribution is -0.141. The van der Waals surface area contributed by atoms with Crippen molar-refractivity contribution in [1.82, 2.24) is 9.78 Å². The fourth-order valence-corrected chi connectivity index (χ4v) is 1.38. The molecule has 1 aromatic rings. The van der Waals surface area contributed by atoms with Crippen molar-refractivity contribution in [1.29, 1.82) is 0 Å². The van der Waals surface area contributed by atoms with E-state index in [2.05, 4.69) is 21.0 Å². The van der Waals surface area contributed by atoms with Gasteiger partial charge in [0.2, 0.25) is 0 Å². The van der Waals surface area contributed by atoms with Crippen LogP contribution in [0.2, 0.25) is 0 Å². The molecule has 0 aliphatic carbocycles. The SMILES string of the molecule is CC(Cc1cnn(C)c1Br)C(=O)O. The molecule has 1 rings (SSSR count). The van der Waals surface area contributed by atoms with Crippen LogP contribution in [-0.4, -0.2) is 20.9 Å². The molecule has 1 aromatic heterocycles. The maximum atomic E-state index is 10.6. The molecule has 72 valence electrons. The van der Waals surface area contributed by atoms with Gasteiger partial charge in [0.1, 0.15) is 4.60 Å². The molecule has 0 aromatic carbocycles. The summed E-state index contributed by atoms with van der Waals surface area (Å²) >= 11 is 3.34. The largest absolute Gasteiger partial charge is 0.481 e. The third-order valence-electron chi connectivity index (χ3n) is 1.88. The number of aryl methyl sites for hydroxylation is 1. The maximum absolute atomic E-state index is 10.6. The molecule has 0 fully saturated rings. The van der Waals surface area contributed by atoms with Gasteiger partial charge in [-0.15, -0.1) is 0 Å². The molecule has 0 spiro atoms. The molecule has 1 unspecified atom stereocenters. The summed E-state index contributed by atoms with van der Waals surface area (Å²) in [4.78, 5) is 10.6. The summed E-state index contributed by atoms with van der Waals surface area (Å²) in [5.74, 6) is -1.16. The van der Waals surface area contributed by atoms with Crippen molar-refractivity contribution in [3.8, 4) is 0 Å². The van der Waals surface area contributed by atoms with Crippen LogP contribution < -0.4 is 0 Å². The van der Waals surface area contributed by atoms with Gasteiger partial charge >= 0.3 is 5.97 Å². The second kappa shape index (κ2) is 3.91. The fourth-order valence-electron chi connectivity index (χ4n) is 1.02. The van der Waals surface area contributed by atoms with Gasteiger partial charge in [-0.05, 0) is 22.4 Å². The van der Waals surface area contributed by atoms with Gasteiger partial charge in [-0.3, -0.25) is 9.48 Å². The standard InChI is InChI=1S/C8H11BrN2O2/c1-5(8(12)13)3-6-4-10-11(2)7(6)9/h4-5H,3H2,1-2H3,(H,12,13). The van der Waals surface area contributed by atoms with Crippen molar-refractivity contribution < 1.29 is 9.90 Å². The van der Waals surface area contributed by atoms with E-state index in [9.17, 15) is 4.79 Å². The van der Waals surface area contributed by atoms with Crippen molar-refractivity contribution >= 4 is 21.9 Å². The van der Waals surface area contributed by atoms with E-state index in [1.54, 1.807) is 24.9 Å². The lowest BCUT2D eigenvalue weighted by Crippen LogP contribution is -2.12. The van der Waals surface area contributed by atoms with Gasteiger partial charge in [-0.25, -0.2) is 0 Å². The molecule has 0 amide bonds. The van der Waals surface area contributed by atoms with E-state index in [0.29, 0.717) is 6.42 Å². The number of carbonyl (C=O) groups is 1. The number of halogens is 1. The van der Waals surface area contributed by atoms with E-state index in [0.717, 1.165) is 10.2 Å². The minimum Gasteiger partial charge on any atom is -0.481 e. The minimum atomic E-state index is -0.782. The summed E-state index contributed by atoms with van der Waals surface area (Å²) in [5, 5.41) is 12.7. The number of aromatic nitrogens is 2. The second-order valence-electron chi connectivity index (χ2n) is 3.03. The third kappa shape index (κ3) is 2.30. The highest BCUT2D eigenvalue weighted by Crippen LogP contribution is 2.18. The van der Waals surface area contributed by atoms with Crippen LogP contribution in [0.25, 0.3) is 0 Å². The van der Waals surface area contributed by atoms with Gasteiger partial charge in [-0.2, -0.15) is 5.10 Å². The van der Waals surface area contributed by atoms with Gasteiger partial charge in [0.05, 0.1) is 12.1 Å². The van der Waals surface area contributed by atoms with Crippen LogP contribution in [-0.2, 0) is 18.3 Å². The Balaban J connectivity index is 2.74. The Morgan fingerprint density at radius 2 is 2.46 bits per heavy atom. The first kappa shape index (κ1) is 10.2. The van der Waals surface area contributed by atoms with Crippen molar-refractivity contribution in [2.24, 2.45) is 13.0 Å². The molecule has 1 N–H and O–H groups in total. The van der Waals surface area contributed by atoms with Gasteiger partial charge in [-0.1, -0.05) is 6.92 Å². The van der Waals surface area contributed by atoms with Gasteiger partial charge < -0.3 is 5.11 Å². The number of rotatable bonds is 3. The molecular weight excluding hydrogens is 236 g/mol. The third-order valence-corrected chi connectivity index (χ3v) is 2.91. The van der Waals surface area contributed by atoms with Crippen molar-refractivity contribution in [3.63, 3.8) is 0 Å². The van der Waals surface area contributed by atoms with Crippen LogP contribution >= 0.6 is 15.9 Å². The fraction of sp³-hybridized carbons (Fsp3) is 0.500. The van der Waals surface area contributed by atoms with Crippen LogP contribution in [0.3, 0.4) is 0 Å². The second-order valence-corrected chi connectivity index (χ2v) is 3.78. The van der Waals surface area contributed by atoms with E-state index >= 15 is 0 Å². The van der Waals surface area contributed by atoms with E-state index in [4.69, 9.17) is 5.11 Å². The summed E-state index contributed by atoms with van der Waals surface area (Å²) in [5.41, 5.74) is 0.928. The Morgan fingerprint density at radius 3 is 2.85 bits per heavy atom. The van der Waals surface area contributed by atoms with E-state index in [-0.39, 0.29) is 5.92 Å². The van der Waals surface area contributed by atoms with Crippen LogP contribution in [0.15, 0.2) is 10.8 Å². The topological polar surface area (TPSA) is 55.1 Å². The average Bonchev–Trinajstić information content (AvgIpc) is 2.36. The smallest absolute Gasteiger partial charge is 0.306 e. The lowest BCUT2D eigenvalue weighted by atomic mass is 10.0. The van der Waals surface area contributed by atoms with E-state index in [1.807, 2.05) is 0 Å². The molecule has 5 heteroatoms. The number of hydrogen-bond acceptors (Lipinski definition) is 2. The molecule has 13 heavy (non-hydrogen) atoms. The number of nitrogens with zero attached hydrogens (tertiary/aromatic N) is 2. The Kier molecular flexibility index (Phi) is 3.08. The summed E-state index contributed by atoms with van der Waals surface area (Å²) in [6, 6.07) is 0. The van der Waals surface area contributed by atoms with Crippen LogP contribution in [0.4, 0.5) is 0 Å². The molecule has 0 aliphatic rings. The number of carboxylic acid groups (broad SMARTS) is 1. The Morgan fingerprint density at radius 1 is 1.85 bits per heavy atom. The summed E-state index contributed by atoms with van der Waals surface area (Å²) in [7, 11) is 1.80. The van der Waals surface area contributed by atoms with E-state index < -0.39 is 5.97 Å². The highest BCUT2D eigenvalue weighted by atomic mass is 79.9.